The lowest BCUT2D eigenvalue weighted by molar-refractivity contribution is -0.134. The molecule has 1 aliphatic carbocycles. The highest BCUT2D eigenvalue weighted by atomic mass is 32.1. The fraction of sp³-hybridized carbons (Fsp3) is 0.733. The first-order chi connectivity index (χ1) is 9.78. The maximum atomic E-state index is 12.2. The Hall–Kier alpha value is -0.940. The summed E-state index contributed by atoms with van der Waals surface area (Å²) in [6.45, 7) is 4.93. The molecule has 1 saturated heterocycles. The molecule has 2 fully saturated rings. The second-order valence-electron chi connectivity index (χ2n) is 5.98. The average molecular weight is 293 g/mol. The molecule has 1 N–H and O–H groups in total. The Morgan fingerprint density at radius 3 is 3.00 bits per heavy atom. The standard InChI is InChI=1S/C15H23N3OS/c1-2-11-8-18(15(19)12-3-4-12)6-5-14(11)16-7-13-9-20-10-17-13/h9-12,14,16H,2-8H2,1H3/t11-,14-/m0/s1. The molecule has 0 bridgehead atoms. The number of amides is 1. The summed E-state index contributed by atoms with van der Waals surface area (Å²) < 4.78 is 0. The van der Waals surface area contributed by atoms with Crippen molar-refractivity contribution in [2.75, 3.05) is 13.1 Å². The molecule has 1 aliphatic heterocycles. The first-order valence-corrected chi connectivity index (χ1v) is 8.61. The van der Waals surface area contributed by atoms with Gasteiger partial charge in [0, 0.05) is 37.0 Å². The van der Waals surface area contributed by atoms with Crippen LogP contribution in [0.4, 0.5) is 0 Å². The van der Waals surface area contributed by atoms with Gasteiger partial charge in [0.15, 0.2) is 0 Å². The summed E-state index contributed by atoms with van der Waals surface area (Å²) in [5, 5.41) is 5.73. The topological polar surface area (TPSA) is 45.2 Å². The molecule has 0 radical (unpaired) electrons. The molecule has 2 atom stereocenters. The predicted molar refractivity (Wildman–Crippen MR) is 80.4 cm³/mol. The fourth-order valence-electron chi connectivity index (χ4n) is 3.06. The van der Waals surface area contributed by atoms with Gasteiger partial charge in [-0.2, -0.15) is 0 Å². The maximum Gasteiger partial charge on any atom is 0.225 e. The van der Waals surface area contributed by atoms with Crippen LogP contribution in [0.2, 0.25) is 0 Å². The zero-order chi connectivity index (χ0) is 13.9. The van der Waals surface area contributed by atoms with Crippen molar-refractivity contribution in [1.29, 1.82) is 0 Å². The van der Waals surface area contributed by atoms with Crippen LogP contribution in [0.1, 0.15) is 38.3 Å². The third-order valence-electron chi connectivity index (χ3n) is 4.53. The lowest BCUT2D eigenvalue weighted by Crippen LogP contribution is -2.51. The van der Waals surface area contributed by atoms with Crippen molar-refractivity contribution in [2.24, 2.45) is 11.8 Å². The van der Waals surface area contributed by atoms with Crippen LogP contribution in [0, 0.1) is 11.8 Å². The average Bonchev–Trinajstić information content (AvgIpc) is 3.21. The van der Waals surface area contributed by atoms with Crippen LogP contribution in [0.5, 0.6) is 0 Å². The van der Waals surface area contributed by atoms with Gasteiger partial charge in [-0.15, -0.1) is 11.3 Å². The Labute approximate surface area is 124 Å². The monoisotopic (exact) mass is 293 g/mol. The molecule has 110 valence electrons. The summed E-state index contributed by atoms with van der Waals surface area (Å²) in [7, 11) is 0. The van der Waals surface area contributed by atoms with Gasteiger partial charge in [0.2, 0.25) is 5.91 Å². The molecule has 2 aliphatic rings. The van der Waals surface area contributed by atoms with E-state index >= 15 is 0 Å². The first-order valence-electron chi connectivity index (χ1n) is 7.67. The van der Waals surface area contributed by atoms with Crippen molar-refractivity contribution in [3.63, 3.8) is 0 Å². The summed E-state index contributed by atoms with van der Waals surface area (Å²) in [5.41, 5.74) is 3.01. The van der Waals surface area contributed by atoms with E-state index in [4.69, 9.17) is 0 Å². The van der Waals surface area contributed by atoms with E-state index in [-0.39, 0.29) is 0 Å². The van der Waals surface area contributed by atoms with E-state index in [1.807, 2.05) is 5.51 Å². The van der Waals surface area contributed by atoms with Crippen molar-refractivity contribution < 1.29 is 4.79 Å². The second kappa shape index (κ2) is 6.22. The Morgan fingerprint density at radius 2 is 2.35 bits per heavy atom. The van der Waals surface area contributed by atoms with Crippen molar-refractivity contribution >= 4 is 17.2 Å². The minimum atomic E-state index is 0.354. The molecule has 2 heterocycles. The lowest BCUT2D eigenvalue weighted by Gasteiger charge is -2.39. The number of nitrogens with one attached hydrogen (secondary N) is 1. The molecule has 20 heavy (non-hydrogen) atoms. The van der Waals surface area contributed by atoms with Gasteiger partial charge in [-0.1, -0.05) is 13.3 Å². The van der Waals surface area contributed by atoms with Gasteiger partial charge < -0.3 is 10.2 Å². The smallest absolute Gasteiger partial charge is 0.225 e. The van der Waals surface area contributed by atoms with Crippen LogP contribution in [0.25, 0.3) is 0 Å². The van der Waals surface area contributed by atoms with E-state index in [1.54, 1.807) is 11.3 Å². The number of thiazole rings is 1. The van der Waals surface area contributed by atoms with E-state index in [9.17, 15) is 4.79 Å². The molecule has 1 saturated carbocycles. The number of likely N-dealkylation sites (tertiary alicyclic amines) is 1. The van der Waals surface area contributed by atoms with Crippen LogP contribution >= 0.6 is 11.3 Å². The molecule has 0 unspecified atom stereocenters. The summed E-state index contributed by atoms with van der Waals surface area (Å²) in [6, 6.07) is 0.518. The largest absolute Gasteiger partial charge is 0.342 e. The number of piperidine rings is 1. The third kappa shape index (κ3) is 3.20. The van der Waals surface area contributed by atoms with Crippen LogP contribution in [0.3, 0.4) is 0 Å². The first kappa shape index (κ1) is 14.0. The van der Waals surface area contributed by atoms with Gasteiger partial charge in [0.25, 0.3) is 0 Å². The third-order valence-corrected chi connectivity index (χ3v) is 5.16. The number of aromatic nitrogens is 1. The molecule has 4 nitrogen and oxygen atoms in total. The minimum absolute atomic E-state index is 0.354. The molecule has 1 amide bonds. The molecule has 3 rings (SSSR count). The minimum Gasteiger partial charge on any atom is -0.342 e. The zero-order valence-electron chi connectivity index (χ0n) is 12.0. The van der Waals surface area contributed by atoms with Crippen molar-refractivity contribution in [1.82, 2.24) is 15.2 Å². The molecule has 5 heteroatoms. The molecule has 0 spiro atoms. The number of carbonyl (C=O) groups excluding carboxylic acids is 1. The Kier molecular flexibility index (Phi) is 4.36. The molecule has 1 aromatic heterocycles. The van der Waals surface area contributed by atoms with Crippen LogP contribution < -0.4 is 5.32 Å². The highest BCUT2D eigenvalue weighted by Crippen LogP contribution is 2.33. The second-order valence-corrected chi connectivity index (χ2v) is 6.70. The summed E-state index contributed by atoms with van der Waals surface area (Å²) >= 11 is 1.64. The van der Waals surface area contributed by atoms with Gasteiger partial charge in [-0.25, -0.2) is 4.98 Å². The summed E-state index contributed by atoms with van der Waals surface area (Å²) in [6.07, 6.45) is 4.42. The Morgan fingerprint density at radius 1 is 1.50 bits per heavy atom. The van der Waals surface area contributed by atoms with E-state index in [0.29, 0.717) is 23.8 Å². The van der Waals surface area contributed by atoms with Crippen molar-refractivity contribution in [2.45, 2.75) is 45.2 Å². The summed E-state index contributed by atoms with van der Waals surface area (Å²) in [4.78, 5) is 18.6. The fourth-order valence-corrected chi connectivity index (χ4v) is 3.62. The van der Waals surface area contributed by atoms with Crippen LogP contribution in [-0.4, -0.2) is 34.9 Å². The van der Waals surface area contributed by atoms with Gasteiger partial charge in [-0.05, 0) is 25.2 Å². The number of hydrogen-bond donors (Lipinski definition) is 1. The van der Waals surface area contributed by atoms with E-state index in [1.165, 1.54) is 0 Å². The van der Waals surface area contributed by atoms with Gasteiger partial charge >= 0.3 is 0 Å². The highest BCUT2D eigenvalue weighted by Gasteiger charge is 2.37. The molecular weight excluding hydrogens is 270 g/mol. The van der Waals surface area contributed by atoms with E-state index in [0.717, 1.165) is 51.0 Å². The maximum absolute atomic E-state index is 12.2. The van der Waals surface area contributed by atoms with E-state index < -0.39 is 0 Å². The van der Waals surface area contributed by atoms with Gasteiger partial charge in [0.05, 0.1) is 11.2 Å². The van der Waals surface area contributed by atoms with Crippen LogP contribution in [0.15, 0.2) is 10.9 Å². The number of nitrogens with zero attached hydrogens (tertiary/aromatic N) is 2. The zero-order valence-corrected chi connectivity index (χ0v) is 12.9. The number of rotatable bonds is 5. The van der Waals surface area contributed by atoms with Crippen molar-refractivity contribution in [3.8, 4) is 0 Å². The normalized spacial score (nSPS) is 26.8. The van der Waals surface area contributed by atoms with Gasteiger partial charge in [-0.3, -0.25) is 4.79 Å². The van der Waals surface area contributed by atoms with E-state index in [2.05, 4.69) is 27.5 Å². The number of hydrogen-bond acceptors (Lipinski definition) is 4. The Bertz CT molecular complexity index is 444. The molecule has 0 aromatic carbocycles. The SMILES string of the molecule is CC[C@H]1CN(C(=O)C2CC2)CC[C@@H]1NCc1cscn1. The highest BCUT2D eigenvalue weighted by molar-refractivity contribution is 7.07. The van der Waals surface area contributed by atoms with Crippen molar-refractivity contribution in [3.05, 3.63) is 16.6 Å². The summed E-state index contributed by atoms with van der Waals surface area (Å²) in [5.74, 6) is 1.33. The van der Waals surface area contributed by atoms with Gasteiger partial charge in [0.1, 0.15) is 0 Å². The number of carbonyl (C=O) groups is 1. The lowest BCUT2D eigenvalue weighted by atomic mass is 9.89. The molecular formula is C15H23N3OS. The molecule has 1 aromatic rings. The predicted octanol–water partition coefficient (Wildman–Crippen LogP) is 2.27. The Balaban J connectivity index is 1.52. The quantitative estimate of drug-likeness (QED) is 0.906. The van der Waals surface area contributed by atoms with Crippen LogP contribution in [-0.2, 0) is 11.3 Å².